The first-order chi connectivity index (χ1) is 33.3. The summed E-state index contributed by atoms with van der Waals surface area (Å²) in [7, 11) is 4.61. The van der Waals surface area contributed by atoms with Crippen LogP contribution in [0.5, 0.6) is 0 Å². The molecule has 0 unspecified atom stereocenters. The van der Waals surface area contributed by atoms with E-state index < -0.39 is 78.1 Å². The number of hydrogen-bond acceptors (Lipinski definition) is 14. The number of cyclic esters (lactones) is 1. The highest BCUT2D eigenvalue weighted by Gasteiger charge is 2.42. The van der Waals surface area contributed by atoms with Gasteiger partial charge in [-0.3, -0.25) is 19.2 Å². The molecule has 15 heteroatoms. The van der Waals surface area contributed by atoms with Gasteiger partial charge in [0.25, 0.3) is 5.91 Å². The van der Waals surface area contributed by atoms with Crippen molar-refractivity contribution in [2.45, 2.75) is 187 Å². The maximum absolute atomic E-state index is 14.4. The van der Waals surface area contributed by atoms with Crippen LogP contribution in [0.25, 0.3) is 0 Å². The molecule has 2 fully saturated rings. The molecule has 0 aromatic rings. The molecular weight excluding hydrogens is 899 g/mol. The summed E-state index contributed by atoms with van der Waals surface area (Å²) in [6, 6.07) is -1.11. The second kappa shape index (κ2) is 31.2. The summed E-state index contributed by atoms with van der Waals surface area (Å²) < 4.78 is 35.0. The molecule has 0 spiro atoms. The molecule has 1 aliphatic carbocycles. The number of carbonyl (C=O) groups is 5. The number of hydrogen-bond donors (Lipinski definition) is 3. The number of Topliss-reactive ketones (excluding diaryl/α,β-unsaturated/α-hetero) is 3. The number of aliphatic hydroxyl groups is 3. The maximum atomic E-state index is 14.4. The molecule has 1 saturated carbocycles. The van der Waals surface area contributed by atoms with Crippen LogP contribution >= 0.6 is 0 Å². The van der Waals surface area contributed by atoms with E-state index in [1.54, 1.807) is 41.1 Å². The van der Waals surface area contributed by atoms with Crippen molar-refractivity contribution in [3.05, 3.63) is 47.6 Å². The van der Waals surface area contributed by atoms with E-state index in [0.29, 0.717) is 57.5 Å². The highest BCUT2D eigenvalue weighted by molar-refractivity contribution is 6.38. The van der Waals surface area contributed by atoms with Crippen LogP contribution in [0, 0.1) is 35.5 Å². The summed E-state index contributed by atoms with van der Waals surface area (Å²) in [4.78, 5) is 71.1. The fourth-order valence-electron chi connectivity index (χ4n) is 10.2. The number of allylic oxidation sites excluding steroid dienone is 6. The van der Waals surface area contributed by atoms with Crippen LogP contribution in [0.15, 0.2) is 47.6 Å². The van der Waals surface area contributed by atoms with E-state index in [1.807, 2.05) is 65.0 Å². The fraction of sp³-hybridized carbons (Fsp3) is 0.764. The van der Waals surface area contributed by atoms with Crippen molar-refractivity contribution in [1.82, 2.24) is 4.90 Å². The normalized spacial score (nSPS) is 36.0. The molecule has 0 aromatic carbocycles. The van der Waals surface area contributed by atoms with E-state index >= 15 is 0 Å². The molecule has 15 atom stereocenters. The van der Waals surface area contributed by atoms with Gasteiger partial charge in [0.05, 0.1) is 37.6 Å². The third-order valence-corrected chi connectivity index (χ3v) is 14.7. The number of nitrogens with zero attached hydrogens (tertiary/aromatic N) is 1. The molecule has 1 saturated heterocycles. The molecule has 15 nitrogen and oxygen atoms in total. The van der Waals surface area contributed by atoms with Crippen molar-refractivity contribution >= 4 is 29.2 Å². The summed E-state index contributed by atoms with van der Waals surface area (Å²) in [5.41, 5.74) is 1.27. The number of methoxy groups -OCH3 is 3. The molecule has 1 amide bonds. The smallest absolute Gasteiger partial charge is 0.329 e. The second-order valence-electron chi connectivity index (χ2n) is 20.4. The van der Waals surface area contributed by atoms with Gasteiger partial charge >= 0.3 is 5.97 Å². The zero-order chi connectivity index (χ0) is 52.1. The highest BCUT2D eigenvalue weighted by Crippen LogP contribution is 2.35. The Morgan fingerprint density at radius 2 is 1.53 bits per heavy atom. The molecular formula is C55H93NO14. The van der Waals surface area contributed by atoms with Crippen LogP contribution < -0.4 is 0 Å². The number of fused-ring (bicyclic) bond motifs is 1. The number of aliphatic hydroxyl groups excluding tert-OH is 3. The Kier molecular flexibility index (Phi) is 27.2. The first kappa shape index (κ1) is 60.9. The molecule has 3 rings (SSSR count). The van der Waals surface area contributed by atoms with Crippen molar-refractivity contribution in [3.8, 4) is 0 Å². The zero-order valence-electron chi connectivity index (χ0n) is 44.2. The largest absolute Gasteiger partial charge is 0.460 e. The van der Waals surface area contributed by atoms with Crippen molar-refractivity contribution in [2.75, 3.05) is 47.7 Å². The van der Waals surface area contributed by atoms with Gasteiger partial charge in [-0.15, -0.1) is 0 Å². The number of piperidine rings is 1. The number of rotatable bonds is 11. The number of amides is 1. The Bertz CT molecular complexity index is 1790. The van der Waals surface area contributed by atoms with Crippen LogP contribution in [-0.4, -0.2) is 152 Å². The lowest BCUT2D eigenvalue weighted by Crippen LogP contribution is -2.54. The highest BCUT2D eigenvalue weighted by atomic mass is 16.6. The summed E-state index contributed by atoms with van der Waals surface area (Å²) in [5, 5.41) is 33.7. The average molecular weight is 992 g/mol. The van der Waals surface area contributed by atoms with Crippen LogP contribution in [0.1, 0.15) is 135 Å². The minimum absolute atomic E-state index is 0. The minimum Gasteiger partial charge on any atom is -0.460 e. The Morgan fingerprint density at radius 3 is 2.20 bits per heavy atom. The Morgan fingerprint density at radius 1 is 0.800 bits per heavy atom. The molecule has 0 radical (unpaired) electrons. The summed E-state index contributed by atoms with van der Waals surface area (Å²) in [6.07, 6.45) is 10.0. The SMILES string of the molecule is CCOCCO[C@@H]1CC[C@@H](C[C@@H](C)[C@H]2CC(=O)[C@H](C)/C=C(\C)[C@@H](O)[C@@H](OC)C(=O)[C@H](C)C[C@H](C)C=CC=C/C=C(/C)[C@@H](OC)C[C@@H](O)CC[C@@H](C)[C@H](O)C(=O)C(=O)N3CCCC[C@@H]3C(=O)O2)C[C@H]1OC.[HH].[HH]. The summed E-state index contributed by atoms with van der Waals surface area (Å²) >= 11 is 0. The predicted octanol–water partition coefficient (Wildman–Crippen LogP) is 7.37. The fourth-order valence-corrected chi connectivity index (χ4v) is 10.2. The summed E-state index contributed by atoms with van der Waals surface area (Å²) in [6.45, 7) is 16.3. The van der Waals surface area contributed by atoms with Crippen LogP contribution in [0.4, 0.5) is 0 Å². The molecule has 70 heavy (non-hydrogen) atoms. The van der Waals surface area contributed by atoms with Gasteiger partial charge < -0.3 is 48.6 Å². The summed E-state index contributed by atoms with van der Waals surface area (Å²) in [5.74, 6) is -5.25. The van der Waals surface area contributed by atoms with Crippen molar-refractivity contribution in [1.29, 1.82) is 0 Å². The van der Waals surface area contributed by atoms with Gasteiger partial charge in [0.15, 0.2) is 5.78 Å². The van der Waals surface area contributed by atoms with E-state index in [-0.39, 0.29) is 83.0 Å². The Balaban J connectivity index is 0.0000130. The number of carbonyl (C=O) groups excluding carboxylic acids is 5. The van der Waals surface area contributed by atoms with Gasteiger partial charge in [0.2, 0.25) is 5.78 Å². The quantitative estimate of drug-likeness (QED) is 0.0801. The predicted molar refractivity (Wildman–Crippen MR) is 272 cm³/mol. The first-order valence-electron chi connectivity index (χ1n) is 25.9. The topological polar surface area (TPSA) is 205 Å². The molecule has 2 aliphatic heterocycles. The second-order valence-corrected chi connectivity index (χ2v) is 20.4. The average Bonchev–Trinajstić information content (AvgIpc) is 3.34. The number of ketones is 3. The molecule has 0 bridgehead atoms. The van der Waals surface area contributed by atoms with E-state index in [2.05, 4.69) is 0 Å². The molecule has 3 N–H and O–H groups in total. The van der Waals surface area contributed by atoms with Gasteiger partial charge in [-0.05, 0) is 120 Å². The third-order valence-electron chi connectivity index (χ3n) is 14.7. The van der Waals surface area contributed by atoms with Crippen molar-refractivity contribution in [3.63, 3.8) is 0 Å². The van der Waals surface area contributed by atoms with E-state index in [0.717, 1.165) is 18.4 Å². The van der Waals surface area contributed by atoms with Gasteiger partial charge in [-0.1, -0.05) is 71.1 Å². The van der Waals surface area contributed by atoms with E-state index in [4.69, 9.17) is 28.4 Å². The number of ether oxygens (including phenoxy) is 6. The van der Waals surface area contributed by atoms with Gasteiger partial charge in [0, 0.05) is 62.0 Å². The molecule has 402 valence electrons. The Hall–Kier alpha value is -3.41. The van der Waals surface area contributed by atoms with E-state index in [9.17, 15) is 39.3 Å². The minimum atomic E-state index is -1.66. The lowest BCUT2D eigenvalue weighted by molar-refractivity contribution is -0.167. The van der Waals surface area contributed by atoms with Gasteiger partial charge in [0.1, 0.15) is 36.2 Å². The molecule has 0 aromatic heterocycles. The Labute approximate surface area is 421 Å². The van der Waals surface area contributed by atoms with E-state index in [1.165, 1.54) is 12.0 Å². The monoisotopic (exact) mass is 992 g/mol. The first-order valence-corrected chi connectivity index (χ1v) is 25.9. The third kappa shape index (κ3) is 18.9. The van der Waals surface area contributed by atoms with Gasteiger partial charge in [-0.2, -0.15) is 0 Å². The number of esters is 1. The lowest BCUT2D eigenvalue weighted by atomic mass is 9.78. The maximum Gasteiger partial charge on any atom is 0.329 e. The standard InChI is InChI=1S/C55H89NO14.2H2/c1-12-68-26-27-69-45-24-22-41(31-48(45)66-10)30-38(6)47-33-44(58)37(5)29-40(8)51(61)53(67-11)50(60)39(7)28-34(2)18-14-13-15-19-35(3)46(65-9)32-42(57)23-21-36(4)49(59)52(62)54(63)56-25-17-16-20-43(56)55(64)70-47;;/h13-15,18-19,29,34,36-39,41-43,45-49,51,53,57,59,61H,12,16-17,20-28,30-33H2,1-11H3;2*1H/b15-13?,18-14?,35-19-,40-29+;;/t34-,36-,37-,38-,39-,41+,42+,43-,45-,46+,47-,48-,49+,51-,53+;;/m1../s1. The van der Waals surface area contributed by atoms with Crippen molar-refractivity contribution in [2.24, 2.45) is 35.5 Å². The van der Waals surface area contributed by atoms with Crippen LogP contribution in [0.2, 0.25) is 0 Å². The van der Waals surface area contributed by atoms with Gasteiger partial charge in [-0.25, -0.2) is 4.79 Å². The lowest BCUT2D eigenvalue weighted by Gasteiger charge is -2.38. The molecule has 2 heterocycles. The van der Waals surface area contributed by atoms with Crippen LogP contribution in [0.3, 0.4) is 0 Å². The van der Waals surface area contributed by atoms with Crippen molar-refractivity contribution < 1.29 is 70.6 Å². The molecule has 3 aliphatic rings. The van der Waals surface area contributed by atoms with Crippen LogP contribution in [-0.2, 0) is 52.4 Å². The zero-order valence-corrected chi connectivity index (χ0v) is 44.2.